The standard InChI is InChI=1S/C21H28N4O4S.C2HF3O2/c1-3-10-23-21(26)16-4-9-20(25-13-11-22-12-14-25)19(15-16)24-30(27,28)18-7-5-17(29-2)6-8-18;3-2(4,5)1(6)7/h4-9,15,22,24H,3,10-14H2,1-2H3,(H,23,26);(H,6,7). The lowest BCUT2D eigenvalue weighted by Gasteiger charge is -2.31. The molecule has 1 saturated heterocycles. The molecule has 0 spiro atoms. The third-order valence-corrected chi connectivity index (χ3v) is 6.49. The van der Waals surface area contributed by atoms with Crippen LogP contribution in [0.5, 0.6) is 5.75 Å². The highest BCUT2D eigenvalue weighted by molar-refractivity contribution is 7.92. The third kappa shape index (κ3) is 8.82. The average Bonchev–Trinajstić information content (AvgIpc) is 2.87. The molecule has 0 radical (unpaired) electrons. The predicted molar refractivity (Wildman–Crippen MR) is 132 cm³/mol. The van der Waals surface area contributed by atoms with Crippen molar-refractivity contribution in [3.63, 3.8) is 0 Å². The monoisotopic (exact) mass is 546 g/mol. The first kappa shape index (κ1) is 29.7. The van der Waals surface area contributed by atoms with Crippen molar-refractivity contribution >= 4 is 33.3 Å². The van der Waals surface area contributed by atoms with Crippen molar-refractivity contribution in [1.82, 2.24) is 10.6 Å². The second-order valence-electron chi connectivity index (χ2n) is 7.81. The maximum absolute atomic E-state index is 13.0. The lowest BCUT2D eigenvalue weighted by atomic mass is 10.1. The molecule has 0 aromatic heterocycles. The van der Waals surface area contributed by atoms with Crippen LogP contribution in [-0.4, -0.2) is 71.4 Å². The third-order valence-electron chi connectivity index (χ3n) is 5.11. The van der Waals surface area contributed by atoms with Gasteiger partial charge in [-0.1, -0.05) is 6.92 Å². The van der Waals surface area contributed by atoms with Gasteiger partial charge in [0.05, 0.1) is 23.4 Å². The van der Waals surface area contributed by atoms with Gasteiger partial charge in [0.2, 0.25) is 0 Å². The van der Waals surface area contributed by atoms with Crippen LogP contribution in [0.4, 0.5) is 24.5 Å². The van der Waals surface area contributed by atoms with Crippen LogP contribution in [0, 0.1) is 0 Å². The summed E-state index contributed by atoms with van der Waals surface area (Å²) < 4.78 is 65.5. The first-order valence-electron chi connectivity index (χ1n) is 11.2. The maximum Gasteiger partial charge on any atom is 0.490 e. The van der Waals surface area contributed by atoms with Crippen LogP contribution in [-0.2, 0) is 14.8 Å². The van der Waals surface area contributed by atoms with Crippen molar-refractivity contribution in [3.8, 4) is 5.75 Å². The van der Waals surface area contributed by atoms with E-state index in [0.29, 0.717) is 23.5 Å². The van der Waals surface area contributed by atoms with E-state index >= 15 is 0 Å². The van der Waals surface area contributed by atoms with Gasteiger partial charge in [0, 0.05) is 38.3 Å². The van der Waals surface area contributed by atoms with Crippen LogP contribution >= 0.6 is 0 Å². The van der Waals surface area contributed by atoms with Crippen LogP contribution in [0.25, 0.3) is 0 Å². The van der Waals surface area contributed by atoms with Crippen molar-refractivity contribution in [2.45, 2.75) is 24.4 Å². The minimum absolute atomic E-state index is 0.121. The van der Waals surface area contributed by atoms with Crippen LogP contribution in [0.2, 0.25) is 0 Å². The van der Waals surface area contributed by atoms with Gasteiger partial charge < -0.3 is 25.4 Å². The number of alkyl halides is 3. The molecule has 37 heavy (non-hydrogen) atoms. The molecule has 204 valence electrons. The summed E-state index contributed by atoms with van der Waals surface area (Å²) in [6.45, 7) is 5.65. The van der Waals surface area contributed by atoms with Crippen molar-refractivity contribution in [3.05, 3.63) is 48.0 Å². The Hall–Kier alpha value is -3.52. The Labute approximate surface area is 212 Å². The number of halogens is 3. The van der Waals surface area contributed by atoms with E-state index in [4.69, 9.17) is 14.6 Å². The highest BCUT2D eigenvalue weighted by Gasteiger charge is 2.38. The van der Waals surface area contributed by atoms with Gasteiger partial charge >= 0.3 is 12.1 Å². The average molecular weight is 547 g/mol. The molecule has 1 heterocycles. The smallest absolute Gasteiger partial charge is 0.490 e. The summed E-state index contributed by atoms with van der Waals surface area (Å²) in [5, 5.41) is 13.2. The molecule has 0 unspecified atom stereocenters. The van der Waals surface area contributed by atoms with E-state index in [0.717, 1.165) is 38.3 Å². The molecule has 2 aromatic rings. The molecular formula is C23H29F3N4O6S. The number of aliphatic carboxylic acids is 1. The largest absolute Gasteiger partial charge is 0.497 e. The fourth-order valence-electron chi connectivity index (χ4n) is 3.24. The Bertz CT molecular complexity index is 1170. The summed E-state index contributed by atoms with van der Waals surface area (Å²) in [5.41, 5.74) is 1.55. The summed E-state index contributed by atoms with van der Waals surface area (Å²) in [4.78, 5) is 23.5. The van der Waals surface area contributed by atoms with E-state index in [2.05, 4.69) is 20.3 Å². The molecule has 0 saturated carbocycles. The number of benzene rings is 2. The van der Waals surface area contributed by atoms with Crippen LogP contribution < -0.4 is 25.0 Å². The molecule has 14 heteroatoms. The van der Waals surface area contributed by atoms with Gasteiger partial charge in [-0.05, 0) is 48.9 Å². The number of hydrogen-bond acceptors (Lipinski definition) is 7. The number of rotatable bonds is 8. The second-order valence-corrected chi connectivity index (χ2v) is 9.49. The first-order chi connectivity index (χ1) is 17.4. The Morgan fingerprint density at radius 3 is 2.22 bits per heavy atom. The molecule has 0 bridgehead atoms. The number of piperazine rings is 1. The Morgan fingerprint density at radius 1 is 1.11 bits per heavy atom. The summed E-state index contributed by atoms with van der Waals surface area (Å²) in [5.74, 6) is -2.41. The topological polar surface area (TPSA) is 137 Å². The molecule has 3 rings (SSSR count). The van der Waals surface area contributed by atoms with Crippen molar-refractivity contribution < 1.29 is 41.0 Å². The van der Waals surface area contributed by atoms with Crippen LogP contribution in [0.15, 0.2) is 47.4 Å². The highest BCUT2D eigenvalue weighted by atomic mass is 32.2. The van der Waals surface area contributed by atoms with Crippen molar-refractivity contribution in [2.24, 2.45) is 0 Å². The zero-order valence-electron chi connectivity index (χ0n) is 20.3. The summed E-state index contributed by atoms with van der Waals surface area (Å²) in [6.07, 6.45) is -4.26. The number of nitrogens with zero attached hydrogens (tertiary/aromatic N) is 1. The summed E-state index contributed by atoms with van der Waals surface area (Å²) >= 11 is 0. The van der Waals surface area contributed by atoms with Gasteiger partial charge in [-0.25, -0.2) is 13.2 Å². The number of carboxylic acids is 1. The molecule has 1 fully saturated rings. The minimum atomic E-state index is -5.08. The fourth-order valence-corrected chi connectivity index (χ4v) is 4.30. The van der Waals surface area contributed by atoms with E-state index in [1.54, 1.807) is 30.3 Å². The van der Waals surface area contributed by atoms with E-state index in [-0.39, 0.29) is 10.8 Å². The number of carbonyl (C=O) groups is 2. The predicted octanol–water partition coefficient (Wildman–Crippen LogP) is 2.68. The van der Waals surface area contributed by atoms with Crippen molar-refractivity contribution in [2.75, 3.05) is 49.5 Å². The lowest BCUT2D eigenvalue weighted by Crippen LogP contribution is -2.43. The summed E-state index contributed by atoms with van der Waals surface area (Å²) in [7, 11) is -2.31. The number of nitrogens with one attached hydrogen (secondary N) is 3. The SMILES string of the molecule is CCCNC(=O)c1ccc(N2CCNCC2)c(NS(=O)(=O)c2ccc(OC)cc2)c1.O=C(O)C(F)(F)F. The molecule has 4 N–H and O–H groups in total. The Morgan fingerprint density at radius 2 is 1.70 bits per heavy atom. The number of sulfonamides is 1. The van der Waals surface area contributed by atoms with Gasteiger partial charge in [-0.2, -0.15) is 13.2 Å². The molecule has 0 atom stereocenters. The van der Waals surface area contributed by atoms with E-state index in [1.165, 1.54) is 19.2 Å². The molecule has 10 nitrogen and oxygen atoms in total. The van der Waals surface area contributed by atoms with Gasteiger partial charge in [-0.15, -0.1) is 0 Å². The number of anilines is 2. The molecule has 1 amide bonds. The normalized spacial score (nSPS) is 13.7. The maximum atomic E-state index is 13.0. The molecule has 0 aliphatic carbocycles. The van der Waals surface area contributed by atoms with Gasteiger partial charge in [0.15, 0.2) is 0 Å². The number of ether oxygens (including phenoxy) is 1. The molecule has 1 aliphatic rings. The first-order valence-corrected chi connectivity index (χ1v) is 12.7. The van der Waals surface area contributed by atoms with Crippen molar-refractivity contribution in [1.29, 1.82) is 0 Å². The van der Waals surface area contributed by atoms with Gasteiger partial charge in [0.25, 0.3) is 15.9 Å². The van der Waals surface area contributed by atoms with Crippen LogP contribution in [0.1, 0.15) is 23.7 Å². The molecular weight excluding hydrogens is 517 g/mol. The number of carboxylic acid groups (broad SMARTS) is 1. The second kappa shape index (κ2) is 13.1. The summed E-state index contributed by atoms with van der Waals surface area (Å²) in [6, 6.07) is 11.3. The quantitative estimate of drug-likeness (QED) is 0.397. The minimum Gasteiger partial charge on any atom is -0.497 e. The zero-order chi connectivity index (χ0) is 27.6. The Balaban J connectivity index is 0.000000604. The van der Waals surface area contributed by atoms with E-state index < -0.39 is 22.2 Å². The fraction of sp³-hybridized carbons (Fsp3) is 0.391. The number of methoxy groups -OCH3 is 1. The lowest BCUT2D eigenvalue weighted by molar-refractivity contribution is -0.192. The number of amides is 1. The number of hydrogen-bond donors (Lipinski definition) is 4. The zero-order valence-corrected chi connectivity index (χ0v) is 21.1. The Kier molecular flexibility index (Phi) is 10.6. The van der Waals surface area contributed by atoms with Gasteiger partial charge in [0.1, 0.15) is 5.75 Å². The highest BCUT2D eigenvalue weighted by Crippen LogP contribution is 2.30. The molecule has 2 aromatic carbocycles. The van der Waals surface area contributed by atoms with Crippen LogP contribution in [0.3, 0.4) is 0 Å². The number of carbonyl (C=O) groups excluding carboxylic acids is 1. The van der Waals surface area contributed by atoms with Gasteiger partial charge in [-0.3, -0.25) is 9.52 Å². The van der Waals surface area contributed by atoms with E-state index in [1.807, 2.05) is 6.92 Å². The van der Waals surface area contributed by atoms with E-state index in [9.17, 15) is 26.4 Å². The molecule has 1 aliphatic heterocycles.